The quantitative estimate of drug-likeness (QED) is 0.621. The van der Waals surface area contributed by atoms with E-state index in [0.29, 0.717) is 28.6 Å². The minimum Gasteiger partial charge on any atom is -0.379 e. The van der Waals surface area contributed by atoms with Gasteiger partial charge in [0.2, 0.25) is 5.16 Å². The summed E-state index contributed by atoms with van der Waals surface area (Å²) in [5.74, 6) is 0.531. The van der Waals surface area contributed by atoms with Gasteiger partial charge < -0.3 is 9.30 Å². The number of rotatable bonds is 5. The zero-order chi connectivity index (χ0) is 18.1. The molecule has 8 nitrogen and oxygen atoms in total. The van der Waals surface area contributed by atoms with E-state index in [2.05, 4.69) is 20.0 Å². The van der Waals surface area contributed by atoms with Crippen LogP contribution in [0.1, 0.15) is 12.1 Å². The second-order valence-corrected chi connectivity index (χ2v) is 7.16. The Morgan fingerprint density at radius 1 is 1.23 bits per heavy atom. The number of aryl methyl sites for hydroxylation is 2. The number of aromatic nitrogens is 5. The maximum atomic E-state index is 13.0. The fraction of sp³-hybridized carbons (Fsp3) is 0.529. The highest BCUT2D eigenvalue weighted by Crippen LogP contribution is 2.17. The molecule has 0 aromatic carbocycles. The van der Waals surface area contributed by atoms with E-state index in [1.54, 1.807) is 9.08 Å². The van der Waals surface area contributed by atoms with Crippen LogP contribution in [-0.2, 0) is 11.3 Å². The van der Waals surface area contributed by atoms with Crippen LogP contribution in [0.25, 0.3) is 16.7 Å². The summed E-state index contributed by atoms with van der Waals surface area (Å²) in [6, 6.07) is 1.94. The summed E-state index contributed by atoms with van der Waals surface area (Å²) >= 11 is 1.46. The van der Waals surface area contributed by atoms with Crippen molar-refractivity contribution >= 4 is 28.4 Å². The molecule has 0 amide bonds. The lowest BCUT2D eigenvalue weighted by Gasteiger charge is -2.26. The molecular formula is C17H22N6O2S. The van der Waals surface area contributed by atoms with Crippen molar-refractivity contribution in [3.8, 4) is 0 Å². The van der Waals surface area contributed by atoms with E-state index >= 15 is 0 Å². The lowest BCUT2D eigenvalue weighted by Crippen LogP contribution is -2.37. The first kappa shape index (κ1) is 17.4. The molecule has 1 fully saturated rings. The Bertz CT molecular complexity index is 992. The van der Waals surface area contributed by atoms with Gasteiger partial charge in [-0.3, -0.25) is 9.69 Å². The van der Waals surface area contributed by atoms with Crippen LogP contribution < -0.4 is 5.56 Å². The third-order valence-electron chi connectivity index (χ3n) is 4.73. The average molecular weight is 374 g/mol. The zero-order valence-corrected chi connectivity index (χ0v) is 15.8. The van der Waals surface area contributed by atoms with Crippen LogP contribution in [0.4, 0.5) is 0 Å². The van der Waals surface area contributed by atoms with Crippen molar-refractivity contribution in [1.82, 2.24) is 29.0 Å². The molecule has 1 aliphatic rings. The van der Waals surface area contributed by atoms with Gasteiger partial charge in [-0.15, -0.1) is 5.10 Å². The van der Waals surface area contributed by atoms with E-state index in [0.717, 1.165) is 44.8 Å². The SMILES string of the molecule is CSc1nc2nc(C)c3c(=O)n(CCCN4CCOCC4)ccc3n2n1. The van der Waals surface area contributed by atoms with Crippen LogP contribution in [0.3, 0.4) is 0 Å². The summed E-state index contributed by atoms with van der Waals surface area (Å²) in [5, 5.41) is 5.70. The second-order valence-electron chi connectivity index (χ2n) is 6.39. The van der Waals surface area contributed by atoms with Gasteiger partial charge in [0.05, 0.1) is 29.8 Å². The molecule has 0 aliphatic carbocycles. The molecule has 4 heterocycles. The van der Waals surface area contributed by atoms with Crippen LogP contribution in [0.15, 0.2) is 22.2 Å². The van der Waals surface area contributed by atoms with Gasteiger partial charge in [0.25, 0.3) is 11.3 Å². The summed E-state index contributed by atoms with van der Waals surface area (Å²) in [5.41, 5.74) is 1.44. The smallest absolute Gasteiger partial charge is 0.261 e. The summed E-state index contributed by atoms with van der Waals surface area (Å²) in [6.45, 7) is 7.06. The second kappa shape index (κ2) is 7.34. The molecule has 26 heavy (non-hydrogen) atoms. The van der Waals surface area contributed by atoms with E-state index in [1.165, 1.54) is 11.8 Å². The van der Waals surface area contributed by atoms with Crippen molar-refractivity contribution in [2.45, 2.75) is 25.0 Å². The number of fused-ring (bicyclic) bond motifs is 3. The number of hydrogen-bond donors (Lipinski definition) is 0. The number of pyridine rings is 1. The zero-order valence-electron chi connectivity index (χ0n) is 15.0. The largest absolute Gasteiger partial charge is 0.379 e. The highest BCUT2D eigenvalue weighted by atomic mass is 32.2. The molecule has 0 bridgehead atoms. The molecule has 0 unspecified atom stereocenters. The first-order valence-corrected chi connectivity index (χ1v) is 10.0. The van der Waals surface area contributed by atoms with Gasteiger partial charge in [-0.1, -0.05) is 11.8 Å². The maximum absolute atomic E-state index is 13.0. The first-order valence-electron chi connectivity index (χ1n) is 8.78. The van der Waals surface area contributed by atoms with Crippen LogP contribution in [0, 0.1) is 6.92 Å². The van der Waals surface area contributed by atoms with Gasteiger partial charge in [-0.25, -0.2) is 4.98 Å². The third kappa shape index (κ3) is 3.22. The van der Waals surface area contributed by atoms with E-state index in [4.69, 9.17) is 4.74 Å². The Balaban J connectivity index is 1.62. The normalized spacial score (nSPS) is 15.9. The molecule has 3 aromatic heterocycles. The fourth-order valence-corrected chi connectivity index (χ4v) is 3.69. The van der Waals surface area contributed by atoms with Crippen molar-refractivity contribution in [3.05, 3.63) is 28.3 Å². The monoisotopic (exact) mass is 374 g/mol. The Morgan fingerprint density at radius 3 is 2.81 bits per heavy atom. The van der Waals surface area contributed by atoms with Gasteiger partial charge in [0.1, 0.15) is 0 Å². The molecule has 1 saturated heterocycles. The lowest BCUT2D eigenvalue weighted by molar-refractivity contribution is 0.0369. The van der Waals surface area contributed by atoms with Gasteiger partial charge in [-0.05, 0) is 25.7 Å². The summed E-state index contributed by atoms with van der Waals surface area (Å²) in [4.78, 5) is 24.2. The number of hydrogen-bond acceptors (Lipinski definition) is 7. The predicted molar refractivity (Wildman–Crippen MR) is 101 cm³/mol. The topological polar surface area (TPSA) is 77.5 Å². The Labute approximate surface area is 155 Å². The van der Waals surface area contributed by atoms with Crippen molar-refractivity contribution in [2.75, 3.05) is 39.1 Å². The van der Waals surface area contributed by atoms with Crippen molar-refractivity contribution < 1.29 is 4.74 Å². The summed E-state index contributed by atoms with van der Waals surface area (Å²) < 4.78 is 8.80. The van der Waals surface area contributed by atoms with E-state index in [-0.39, 0.29) is 5.56 Å². The minimum absolute atomic E-state index is 0.0161. The van der Waals surface area contributed by atoms with E-state index in [9.17, 15) is 4.79 Å². The molecule has 0 radical (unpaired) electrons. The maximum Gasteiger partial charge on any atom is 0.261 e. The minimum atomic E-state index is -0.0161. The fourth-order valence-electron chi connectivity index (χ4n) is 3.36. The molecule has 0 atom stereocenters. The standard InChI is InChI=1S/C17H22N6O2S/c1-12-14-13(23-16(18-12)19-17(20-23)26-2)4-7-22(15(14)24)6-3-5-21-8-10-25-11-9-21/h4,7H,3,5-6,8-11H2,1-2H3. The Morgan fingerprint density at radius 2 is 2.04 bits per heavy atom. The van der Waals surface area contributed by atoms with Gasteiger partial charge >= 0.3 is 0 Å². The molecule has 4 rings (SSSR count). The van der Waals surface area contributed by atoms with Crippen LogP contribution in [-0.4, -0.2) is 68.2 Å². The lowest BCUT2D eigenvalue weighted by atomic mass is 10.2. The van der Waals surface area contributed by atoms with Crippen molar-refractivity contribution in [3.63, 3.8) is 0 Å². The van der Waals surface area contributed by atoms with Crippen LogP contribution in [0.2, 0.25) is 0 Å². The first-order chi connectivity index (χ1) is 12.7. The highest BCUT2D eigenvalue weighted by molar-refractivity contribution is 7.98. The van der Waals surface area contributed by atoms with Crippen molar-refractivity contribution in [2.24, 2.45) is 0 Å². The van der Waals surface area contributed by atoms with Crippen LogP contribution in [0.5, 0.6) is 0 Å². The van der Waals surface area contributed by atoms with Crippen molar-refractivity contribution in [1.29, 1.82) is 0 Å². The molecule has 0 N–H and O–H groups in total. The summed E-state index contributed by atoms with van der Waals surface area (Å²) in [6.07, 6.45) is 4.70. The number of nitrogens with zero attached hydrogens (tertiary/aromatic N) is 6. The molecule has 1 aliphatic heterocycles. The van der Waals surface area contributed by atoms with Crippen LogP contribution >= 0.6 is 11.8 Å². The molecule has 9 heteroatoms. The average Bonchev–Trinajstić information content (AvgIpc) is 3.07. The molecular weight excluding hydrogens is 352 g/mol. The molecule has 138 valence electrons. The van der Waals surface area contributed by atoms with E-state index < -0.39 is 0 Å². The molecule has 3 aromatic rings. The van der Waals surface area contributed by atoms with Gasteiger partial charge in [0, 0.05) is 32.4 Å². The summed E-state index contributed by atoms with van der Waals surface area (Å²) in [7, 11) is 0. The predicted octanol–water partition coefficient (Wildman–Crippen LogP) is 1.19. The Kier molecular flexibility index (Phi) is 4.92. The van der Waals surface area contributed by atoms with E-state index in [1.807, 2.05) is 25.4 Å². The van der Waals surface area contributed by atoms with Gasteiger partial charge in [0.15, 0.2) is 0 Å². The highest BCUT2D eigenvalue weighted by Gasteiger charge is 2.15. The Hall–Kier alpha value is -1.97. The van der Waals surface area contributed by atoms with Gasteiger partial charge in [-0.2, -0.15) is 9.50 Å². The number of morpholine rings is 1. The number of thioether (sulfide) groups is 1. The number of ether oxygens (including phenoxy) is 1. The molecule has 0 spiro atoms. The molecule has 0 saturated carbocycles. The third-order valence-corrected chi connectivity index (χ3v) is 5.27.